The van der Waals surface area contributed by atoms with E-state index in [2.05, 4.69) is 21.0 Å². The molecule has 0 saturated heterocycles. The highest BCUT2D eigenvalue weighted by molar-refractivity contribution is 9.09. The molecule has 0 N–H and O–H groups in total. The number of benzene rings is 1. The summed E-state index contributed by atoms with van der Waals surface area (Å²) in [6.45, 7) is 0. The number of hydrogen-bond donors (Lipinski definition) is 0. The van der Waals surface area contributed by atoms with Crippen molar-refractivity contribution in [3.63, 3.8) is 0 Å². The monoisotopic (exact) mass is 332 g/mol. The third-order valence-corrected chi connectivity index (χ3v) is 3.26. The van der Waals surface area contributed by atoms with Crippen LogP contribution < -0.4 is 0 Å². The van der Waals surface area contributed by atoms with Gasteiger partial charge in [-0.3, -0.25) is 0 Å². The van der Waals surface area contributed by atoms with E-state index < -0.39 is 11.7 Å². The van der Waals surface area contributed by atoms with Crippen LogP contribution in [0.2, 0.25) is 0 Å². The van der Waals surface area contributed by atoms with E-state index in [1.165, 1.54) is 12.1 Å². The first-order valence-electron chi connectivity index (χ1n) is 5.78. The summed E-state index contributed by atoms with van der Waals surface area (Å²) in [6, 6.07) is 4.97. The van der Waals surface area contributed by atoms with Crippen LogP contribution in [0.1, 0.15) is 17.5 Å². The Labute approximate surface area is 117 Å². The lowest BCUT2D eigenvalue weighted by molar-refractivity contribution is -0.137. The molecule has 1 heterocycles. The van der Waals surface area contributed by atoms with Crippen molar-refractivity contribution in [1.29, 1.82) is 0 Å². The second-order valence-corrected chi connectivity index (χ2v) is 4.92. The first kappa shape index (κ1) is 14.1. The molecule has 0 amide bonds. The summed E-state index contributed by atoms with van der Waals surface area (Å²) in [6.07, 6.45) is 1.17. The lowest BCUT2D eigenvalue weighted by Gasteiger charge is -2.07. The van der Waals surface area contributed by atoms with E-state index in [0.29, 0.717) is 5.69 Å². The number of aromatic nitrogens is 2. The molecule has 0 fully saturated rings. The second kappa shape index (κ2) is 5.77. The van der Waals surface area contributed by atoms with E-state index in [9.17, 15) is 13.2 Å². The maximum absolute atomic E-state index is 12.4. The summed E-state index contributed by atoms with van der Waals surface area (Å²) in [5.41, 5.74) is 1.04. The Bertz CT molecular complexity index is 532. The lowest BCUT2D eigenvalue weighted by atomic mass is 10.2. The predicted molar refractivity (Wildman–Crippen MR) is 70.7 cm³/mol. The van der Waals surface area contributed by atoms with E-state index in [1.54, 1.807) is 10.9 Å². The number of rotatable bonds is 4. The summed E-state index contributed by atoms with van der Waals surface area (Å²) in [7, 11) is 0. The zero-order valence-electron chi connectivity index (χ0n) is 9.99. The van der Waals surface area contributed by atoms with Gasteiger partial charge in [0, 0.05) is 11.5 Å². The fourth-order valence-electron chi connectivity index (χ4n) is 1.70. The van der Waals surface area contributed by atoms with Crippen LogP contribution >= 0.6 is 15.9 Å². The summed E-state index contributed by atoms with van der Waals surface area (Å²) in [5.74, 6) is 0. The van der Waals surface area contributed by atoms with Crippen molar-refractivity contribution in [1.82, 2.24) is 9.78 Å². The van der Waals surface area contributed by atoms with E-state index in [-0.39, 0.29) is 0 Å². The molecule has 2 nitrogen and oxygen atoms in total. The SMILES string of the molecule is FC(F)(F)c1ccc(-n2cc(CCCBr)cn2)cc1. The van der Waals surface area contributed by atoms with E-state index in [1.807, 2.05) is 6.20 Å². The Morgan fingerprint density at radius 2 is 1.84 bits per heavy atom. The topological polar surface area (TPSA) is 17.8 Å². The Morgan fingerprint density at radius 1 is 1.16 bits per heavy atom. The predicted octanol–water partition coefficient (Wildman–Crippen LogP) is 4.22. The van der Waals surface area contributed by atoms with Gasteiger partial charge in [0.25, 0.3) is 0 Å². The quantitative estimate of drug-likeness (QED) is 0.766. The molecule has 2 rings (SSSR count). The lowest BCUT2D eigenvalue weighted by Crippen LogP contribution is -2.05. The van der Waals surface area contributed by atoms with Crippen LogP contribution in [0.5, 0.6) is 0 Å². The fourth-order valence-corrected chi connectivity index (χ4v) is 1.98. The van der Waals surface area contributed by atoms with Crippen LogP contribution in [-0.4, -0.2) is 15.1 Å². The Morgan fingerprint density at radius 3 is 2.42 bits per heavy atom. The van der Waals surface area contributed by atoms with Gasteiger partial charge in [-0.2, -0.15) is 18.3 Å². The maximum atomic E-state index is 12.4. The van der Waals surface area contributed by atoms with Crippen molar-refractivity contribution in [2.24, 2.45) is 0 Å². The van der Waals surface area contributed by atoms with Crippen LogP contribution in [0.15, 0.2) is 36.7 Å². The minimum Gasteiger partial charge on any atom is -0.241 e. The molecular weight excluding hydrogens is 321 g/mol. The van der Waals surface area contributed by atoms with E-state index >= 15 is 0 Å². The van der Waals surface area contributed by atoms with Crippen molar-refractivity contribution in [3.8, 4) is 5.69 Å². The van der Waals surface area contributed by atoms with Gasteiger partial charge in [0.05, 0.1) is 17.4 Å². The van der Waals surface area contributed by atoms with Crippen molar-refractivity contribution in [3.05, 3.63) is 47.8 Å². The molecule has 0 aliphatic carbocycles. The van der Waals surface area contributed by atoms with Crippen LogP contribution in [0.4, 0.5) is 13.2 Å². The van der Waals surface area contributed by atoms with Crippen molar-refractivity contribution in [2.75, 3.05) is 5.33 Å². The third kappa shape index (κ3) is 3.59. The molecule has 0 aliphatic rings. The highest BCUT2D eigenvalue weighted by Gasteiger charge is 2.29. The van der Waals surface area contributed by atoms with Gasteiger partial charge in [-0.25, -0.2) is 4.68 Å². The van der Waals surface area contributed by atoms with Crippen LogP contribution in [0.3, 0.4) is 0 Å². The fraction of sp³-hybridized carbons (Fsp3) is 0.308. The van der Waals surface area contributed by atoms with Gasteiger partial charge in [0.2, 0.25) is 0 Å². The molecule has 0 bridgehead atoms. The number of hydrogen-bond acceptors (Lipinski definition) is 1. The molecule has 19 heavy (non-hydrogen) atoms. The van der Waals surface area contributed by atoms with Gasteiger partial charge in [0.1, 0.15) is 0 Å². The average molecular weight is 333 g/mol. The first-order valence-corrected chi connectivity index (χ1v) is 6.90. The van der Waals surface area contributed by atoms with Crippen LogP contribution in [-0.2, 0) is 12.6 Å². The van der Waals surface area contributed by atoms with Crippen LogP contribution in [0.25, 0.3) is 5.69 Å². The van der Waals surface area contributed by atoms with Gasteiger partial charge >= 0.3 is 6.18 Å². The zero-order valence-corrected chi connectivity index (χ0v) is 11.6. The molecule has 0 atom stereocenters. The van der Waals surface area contributed by atoms with Gasteiger partial charge in [-0.05, 0) is 42.7 Å². The second-order valence-electron chi connectivity index (χ2n) is 4.13. The standard InChI is InChI=1S/C13H12BrF3N2/c14-7-1-2-10-8-18-19(9-10)12-5-3-11(4-6-12)13(15,16)17/h3-6,8-9H,1-2,7H2. The molecule has 102 valence electrons. The van der Waals surface area contributed by atoms with Crippen molar-refractivity contribution >= 4 is 15.9 Å². The minimum absolute atomic E-state index is 0.623. The number of halogens is 4. The van der Waals surface area contributed by atoms with E-state index in [4.69, 9.17) is 0 Å². The highest BCUT2D eigenvalue weighted by Crippen LogP contribution is 2.29. The number of aryl methyl sites for hydroxylation is 1. The van der Waals surface area contributed by atoms with Gasteiger partial charge < -0.3 is 0 Å². The third-order valence-electron chi connectivity index (χ3n) is 2.69. The zero-order chi connectivity index (χ0) is 13.9. The van der Waals surface area contributed by atoms with Gasteiger partial charge in [-0.1, -0.05) is 15.9 Å². The normalized spacial score (nSPS) is 11.8. The molecular formula is C13H12BrF3N2. The molecule has 1 aromatic heterocycles. The van der Waals surface area contributed by atoms with Gasteiger partial charge in [0.15, 0.2) is 0 Å². The van der Waals surface area contributed by atoms with Gasteiger partial charge in [-0.15, -0.1) is 0 Å². The molecule has 2 aromatic rings. The maximum Gasteiger partial charge on any atom is 0.416 e. The highest BCUT2D eigenvalue weighted by atomic mass is 79.9. The Hall–Kier alpha value is -1.30. The summed E-state index contributed by atoms with van der Waals surface area (Å²) in [5, 5.41) is 5.07. The average Bonchev–Trinajstić information content (AvgIpc) is 2.84. The molecule has 0 aliphatic heterocycles. The Balaban J connectivity index is 2.16. The largest absolute Gasteiger partial charge is 0.416 e. The van der Waals surface area contributed by atoms with Crippen molar-refractivity contribution < 1.29 is 13.2 Å². The number of alkyl halides is 4. The molecule has 0 radical (unpaired) electrons. The number of nitrogens with zero attached hydrogens (tertiary/aromatic N) is 2. The summed E-state index contributed by atoms with van der Waals surface area (Å²) < 4.78 is 38.9. The molecule has 0 unspecified atom stereocenters. The minimum atomic E-state index is -4.30. The summed E-state index contributed by atoms with van der Waals surface area (Å²) >= 11 is 3.35. The Kier molecular flexibility index (Phi) is 4.29. The smallest absolute Gasteiger partial charge is 0.241 e. The van der Waals surface area contributed by atoms with Crippen LogP contribution in [0, 0.1) is 0 Å². The first-order chi connectivity index (χ1) is 9.00. The van der Waals surface area contributed by atoms with Crippen molar-refractivity contribution in [2.45, 2.75) is 19.0 Å². The van der Waals surface area contributed by atoms with E-state index in [0.717, 1.165) is 35.9 Å². The molecule has 1 aromatic carbocycles. The summed E-state index contributed by atoms with van der Waals surface area (Å²) in [4.78, 5) is 0. The molecule has 0 saturated carbocycles. The molecule has 0 spiro atoms. The molecule has 6 heteroatoms.